The molecule has 3 aromatic rings. The van der Waals surface area contributed by atoms with Crippen LogP contribution in [0.25, 0.3) is 10.9 Å². The molecule has 0 amide bonds. The monoisotopic (exact) mass is 467 g/mol. The van der Waals surface area contributed by atoms with Crippen LogP contribution in [0.15, 0.2) is 46.4 Å². The summed E-state index contributed by atoms with van der Waals surface area (Å²) in [5.74, 6) is -2.31. The minimum atomic E-state index is -5.03. The van der Waals surface area contributed by atoms with Crippen molar-refractivity contribution in [2.75, 3.05) is 5.75 Å². The van der Waals surface area contributed by atoms with Crippen molar-refractivity contribution >= 4 is 34.6 Å². The number of alkyl halides is 3. The highest BCUT2D eigenvalue weighted by Crippen LogP contribution is 2.44. The number of aromatic nitrogens is 2. The van der Waals surface area contributed by atoms with Gasteiger partial charge in [0.1, 0.15) is 11.3 Å². The lowest BCUT2D eigenvalue weighted by Crippen LogP contribution is -2.48. The number of rotatable bonds is 4. The first-order chi connectivity index (χ1) is 15.1. The molecule has 1 aliphatic rings. The van der Waals surface area contributed by atoms with Gasteiger partial charge in [0.25, 0.3) is 0 Å². The van der Waals surface area contributed by atoms with Crippen molar-refractivity contribution in [1.82, 2.24) is 9.97 Å². The molecule has 1 aliphatic heterocycles. The number of fused-ring (bicyclic) bond motifs is 2. The number of nitrogens with zero attached hydrogens (tertiary/aromatic N) is 3. The molecule has 0 saturated carbocycles. The molecule has 1 aromatic heterocycles. The summed E-state index contributed by atoms with van der Waals surface area (Å²) >= 11 is 1.55. The highest BCUT2D eigenvalue weighted by atomic mass is 32.2. The first kappa shape index (κ1) is 22.6. The van der Waals surface area contributed by atoms with E-state index in [2.05, 4.69) is 15.0 Å². The summed E-state index contributed by atoms with van der Waals surface area (Å²) in [5.41, 5.74) is -3.23. The Morgan fingerprint density at radius 2 is 2.00 bits per heavy atom. The Hall–Kier alpha value is -2.59. The number of aliphatic hydroxyl groups is 1. The van der Waals surface area contributed by atoms with Gasteiger partial charge in [0.2, 0.25) is 0 Å². The zero-order valence-corrected chi connectivity index (χ0v) is 17.6. The average molecular weight is 467 g/mol. The van der Waals surface area contributed by atoms with Gasteiger partial charge in [-0.1, -0.05) is 18.2 Å². The first-order valence-electron chi connectivity index (χ1n) is 9.76. The second-order valence-corrected chi connectivity index (χ2v) is 8.76. The van der Waals surface area contributed by atoms with E-state index in [0.717, 1.165) is 16.7 Å². The van der Waals surface area contributed by atoms with Crippen molar-refractivity contribution < 1.29 is 27.1 Å². The van der Waals surface area contributed by atoms with Gasteiger partial charge in [-0.2, -0.15) is 13.2 Å². The van der Waals surface area contributed by atoms with Crippen LogP contribution in [0.2, 0.25) is 0 Å². The van der Waals surface area contributed by atoms with E-state index in [1.165, 1.54) is 6.92 Å². The Labute approximate surface area is 184 Å². The fourth-order valence-electron chi connectivity index (χ4n) is 3.73. The molecule has 2 heterocycles. The second-order valence-electron chi connectivity index (χ2n) is 7.63. The zero-order valence-electron chi connectivity index (χ0n) is 16.8. The lowest BCUT2D eigenvalue weighted by Gasteiger charge is -2.33. The molecule has 32 heavy (non-hydrogen) atoms. The second kappa shape index (κ2) is 8.40. The molecular formula is C22H18F5N3OS. The molecule has 168 valence electrons. The molecule has 2 unspecified atom stereocenters. The number of hydrogen-bond donors (Lipinski definition) is 1. The molecule has 0 radical (unpaired) electrons. The van der Waals surface area contributed by atoms with E-state index in [0.29, 0.717) is 24.5 Å². The third-order valence-corrected chi connectivity index (χ3v) is 6.54. The molecule has 2 aromatic carbocycles. The smallest absolute Gasteiger partial charge is 0.376 e. The van der Waals surface area contributed by atoms with E-state index in [4.69, 9.17) is 0 Å². The molecule has 2 atom stereocenters. The van der Waals surface area contributed by atoms with E-state index in [1.807, 2.05) is 12.1 Å². The van der Waals surface area contributed by atoms with Gasteiger partial charge in [-0.05, 0) is 43.1 Å². The van der Waals surface area contributed by atoms with Gasteiger partial charge in [0.15, 0.2) is 17.2 Å². The van der Waals surface area contributed by atoms with Crippen LogP contribution in [0.1, 0.15) is 30.1 Å². The third-order valence-electron chi connectivity index (χ3n) is 5.41. The van der Waals surface area contributed by atoms with Crippen LogP contribution < -0.4 is 0 Å². The minimum absolute atomic E-state index is 0.0605. The standard InChI is InChI=1S/C22H18F5N3OS/c1-12-28-10-15-17(8-16(23)19(24)20(15)30-12)29-11-21(31,22(25,26)27)9-13-6-7-32-18-5-3-2-4-14(13)18/h2-5,8,10-11,13,31H,6-7,9H2,1H3/b29-11-. The van der Waals surface area contributed by atoms with Crippen molar-refractivity contribution in [3.63, 3.8) is 0 Å². The van der Waals surface area contributed by atoms with Gasteiger partial charge >= 0.3 is 6.18 Å². The van der Waals surface area contributed by atoms with E-state index in [9.17, 15) is 27.1 Å². The van der Waals surface area contributed by atoms with Gasteiger partial charge in [-0.15, -0.1) is 11.8 Å². The number of aliphatic imine (C=N–C) groups is 1. The summed E-state index contributed by atoms with van der Waals surface area (Å²) in [5, 5.41) is 10.6. The van der Waals surface area contributed by atoms with Gasteiger partial charge < -0.3 is 5.11 Å². The highest BCUT2D eigenvalue weighted by molar-refractivity contribution is 7.99. The largest absolute Gasteiger partial charge is 0.422 e. The van der Waals surface area contributed by atoms with Crippen molar-refractivity contribution in [2.24, 2.45) is 4.99 Å². The molecule has 0 saturated heterocycles. The van der Waals surface area contributed by atoms with Crippen LogP contribution >= 0.6 is 11.8 Å². The molecule has 0 aliphatic carbocycles. The Balaban J connectivity index is 1.74. The fourth-order valence-corrected chi connectivity index (χ4v) is 4.93. The lowest BCUT2D eigenvalue weighted by molar-refractivity contribution is -0.232. The number of benzene rings is 2. The molecular weight excluding hydrogens is 449 g/mol. The first-order valence-corrected chi connectivity index (χ1v) is 10.7. The minimum Gasteiger partial charge on any atom is -0.376 e. The van der Waals surface area contributed by atoms with Crippen LogP contribution in [0.5, 0.6) is 0 Å². The molecule has 4 nitrogen and oxygen atoms in total. The third kappa shape index (κ3) is 4.21. The van der Waals surface area contributed by atoms with Crippen molar-refractivity contribution in [3.8, 4) is 0 Å². The predicted octanol–water partition coefficient (Wildman–Crippen LogP) is 5.88. The van der Waals surface area contributed by atoms with Gasteiger partial charge in [-0.3, -0.25) is 4.99 Å². The number of thioether (sulfide) groups is 1. The van der Waals surface area contributed by atoms with Gasteiger partial charge in [0, 0.05) is 28.8 Å². The van der Waals surface area contributed by atoms with Crippen LogP contribution in [-0.4, -0.2) is 38.8 Å². The topological polar surface area (TPSA) is 58.4 Å². The summed E-state index contributed by atoms with van der Waals surface area (Å²) in [6.45, 7) is 1.47. The summed E-state index contributed by atoms with van der Waals surface area (Å²) in [6.07, 6.45) is -3.70. The predicted molar refractivity (Wildman–Crippen MR) is 112 cm³/mol. The van der Waals surface area contributed by atoms with Crippen LogP contribution in [0.3, 0.4) is 0 Å². The van der Waals surface area contributed by atoms with Crippen LogP contribution in [-0.2, 0) is 0 Å². The molecule has 0 bridgehead atoms. The maximum atomic E-state index is 14.1. The SMILES string of the molecule is Cc1ncc2c(/N=C\C(O)(CC3CCSc4ccccc43)C(F)(F)F)cc(F)c(F)c2n1. The van der Waals surface area contributed by atoms with Crippen LogP contribution in [0, 0.1) is 18.6 Å². The quantitative estimate of drug-likeness (QED) is 0.385. The van der Waals surface area contributed by atoms with E-state index < -0.39 is 41.3 Å². The van der Waals surface area contributed by atoms with Crippen molar-refractivity contribution in [3.05, 3.63) is 59.6 Å². The van der Waals surface area contributed by atoms with Crippen LogP contribution in [0.4, 0.5) is 27.6 Å². The number of aryl methyl sites for hydroxylation is 1. The van der Waals surface area contributed by atoms with E-state index >= 15 is 0 Å². The van der Waals surface area contributed by atoms with Gasteiger partial charge in [-0.25, -0.2) is 18.7 Å². The van der Waals surface area contributed by atoms with Crippen molar-refractivity contribution in [1.29, 1.82) is 0 Å². The summed E-state index contributed by atoms with van der Waals surface area (Å²) in [7, 11) is 0. The van der Waals surface area contributed by atoms with Gasteiger partial charge in [0.05, 0.1) is 5.69 Å². The molecule has 1 N–H and O–H groups in total. The molecule has 0 spiro atoms. The van der Waals surface area contributed by atoms with E-state index in [1.54, 1.807) is 23.9 Å². The molecule has 0 fully saturated rings. The Bertz CT molecular complexity index is 1200. The zero-order chi connectivity index (χ0) is 23.1. The normalized spacial score (nSPS) is 18.7. The summed E-state index contributed by atoms with van der Waals surface area (Å²) in [6, 6.07) is 7.80. The molecule has 10 heteroatoms. The Morgan fingerprint density at radius 1 is 1.25 bits per heavy atom. The maximum Gasteiger partial charge on any atom is 0.422 e. The fraction of sp³-hybridized carbons (Fsp3) is 0.318. The molecule has 4 rings (SSSR count). The average Bonchev–Trinajstić information content (AvgIpc) is 2.75. The number of halogens is 5. The maximum absolute atomic E-state index is 14.1. The summed E-state index contributed by atoms with van der Waals surface area (Å²) in [4.78, 5) is 12.3. The van der Waals surface area contributed by atoms with Crippen molar-refractivity contribution in [2.45, 2.75) is 42.4 Å². The summed E-state index contributed by atoms with van der Waals surface area (Å²) < 4.78 is 70.0. The highest BCUT2D eigenvalue weighted by Gasteiger charge is 2.54. The Kier molecular flexibility index (Phi) is 5.93. The van der Waals surface area contributed by atoms with E-state index in [-0.39, 0.29) is 16.9 Å². The lowest BCUT2D eigenvalue weighted by atomic mass is 9.84. The number of hydrogen-bond acceptors (Lipinski definition) is 5. The Morgan fingerprint density at radius 3 is 2.75 bits per heavy atom.